The SMILES string of the molecule is CC(C)C(CCO)NCc1cc(C(N)=O)ccc1F. The van der Waals surface area contributed by atoms with Gasteiger partial charge < -0.3 is 16.2 Å². The van der Waals surface area contributed by atoms with Crippen molar-refractivity contribution in [2.24, 2.45) is 11.7 Å². The second kappa shape index (κ2) is 7.21. The van der Waals surface area contributed by atoms with E-state index in [9.17, 15) is 9.18 Å². The Balaban J connectivity index is 2.75. The molecule has 1 rings (SSSR count). The Morgan fingerprint density at radius 3 is 2.68 bits per heavy atom. The highest BCUT2D eigenvalue weighted by atomic mass is 19.1. The molecule has 1 amide bonds. The van der Waals surface area contributed by atoms with E-state index >= 15 is 0 Å². The van der Waals surface area contributed by atoms with Gasteiger partial charge in [0, 0.05) is 30.3 Å². The second-order valence-electron chi connectivity index (χ2n) is 4.91. The number of nitrogens with one attached hydrogen (secondary N) is 1. The minimum atomic E-state index is -0.572. The van der Waals surface area contributed by atoms with Crippen LogP contribution < -0.4 is 11.1 Å². The monoisotopic (exact) mass is 268 g/mol. The van der Waals surface area contributed by atoms with Gasteiger partial charge in [-0.2, -0.15) is 0 Å². The standard InChI is InChI=1S/C14H21FN2O2/c1-9(2)13(5-6-18)17-8-11-7-10(14(16)19)3-4-12(11)15/h3-4,7,9,13,17-18H,5-6,8H2,1-2H3,(H2,16,19). The van der Waals surface area contributed by atoms with Gasteiger partial charge in [-0.1, -0.05) is 13.8 Å². The van der Waals surface area contributed by atoms with Crippen molar-refractivity contribution in [2.75, 3.05) is 6.61 Å². The number of rotatable bonds is 7. The Labute approximate surface area is 112 Å². The van der Waals surface area contributed by atoms with Gasteiger partial charge in [-0.25, -0.2) is 4.39 Å². The molecule has 1 atom stereocenters. The molecule has 106 valence electrons. The third-order valence-corrected chi connectivity index (χ3v) is 3.13. The number of benzene rings is 1. The van der Waals surface area contributed by atoms with Crippen LogP contribution >= 0.6 is 0 Å². The molecule has 1 aromatic rings. The minimum Gasteiger partial charge on any atom is -0.396 e. The van der Waals surface area contributed by atoms with E-state index in [-0.39, 0.29) is 18.5 Å². The molecule has 0 saturated carbocycles. The predicted molar refractivity (Wildman–Crippen MR) is 72.1 cm³/mol. The van der Waals surface area contributed by atoms with E-state index in [1.807, 2.05) is 13.8 Å². The summed E-state index contributed by atoms with van der Waals surface area (Å²) in [7, 11) is 0. The van der Waals surface area contributed by atoms with Gasteiger partial charge in [-0.3, -0.25) is 4.79 Å². The van der Waals surface area contributed by atoms with Crippen LogP contribution in [0.4, 0.5) is 4.39 Å². The van der Waals surface area contributed by atoms with E-state index in [0.717, 1.165) is 0 Å². The Hall–Kier alpha value is -1.46. The van der Waals surface area contributed by atoms with Gasteiger partial charge >= 0.3 is 0 Å². The number of carbonyl (C=O) groups is 1. The van der Waals surface area contributed by atoms with Crippen molar-refractivity contribution in [3.05, 3.63) is 35.1 Å². The molecule has 0 fully saturated rings. The number of aliphatic hydroxyl groups excluding tert-OH is 1. The van der Waals surface area contributed by atoms with Crippen LogP contribution in [0.25, 0.3) is 0 Å². The van der Waals surface area contributed by atoms with E-state index in [4.69, 9.17) is 10.8 Å². The molecule has 0 radical (unpaired) electrons. The molecule has 1 unspecified atom stereocenters. The number of aliphatic hydroxyl groups is 1. The third-order valence-electron chi connectivity index (χ3n) is 3.13. The van der Waals surface area contributed by atoms with Crippen molar-refractivity contribution in [3.63, 3.8) is 0 Å². The highest BCUT2D eigenvalue weighted by Gasteiger charge is 2.13. The summed E-state index contributed by atoms with van der Waals surface area (Å²) in [6.45, 7) is 4.45. The maximum atomic E-state index is 13.6. The summed E-state index contributed by atoms with van der Waals surface area (Å²) in [6.07, 6.45) is 0.606. The molecule has 5 heteroatoms. The fourth-order valence-electron chi connectivity index (χ4n) is 1.91. The Bertz CT molecular complexity index is 435. The van der Waals surface area contributed by atoms with Gasteiger partial charge in [0.15, 0.2) is 0 Å². The number of primary amides is 1. The van der Waals surface area contributed by atoms with Crippen LogP contribution in [-0.2, 0) is 6.54 Å². The summed E-state index contributed by atoms with van der Waals surface area (Å²) in [5.74, 6) is -0.615. The fourth-order valence-corrected chi connectivity index (χ4v) is 1.91. The number of carbonyl (C=O) groups excluding carboxylic acids is 1. The molecule has 0 aliphatic rings. The van der Waals surface area contributed by atoms with Crippen molar-refractivity contribution in [3.8, 4) is 0 Å². The molecule has 0 saturated heterocycles. The van der Waals surface area contributed by atoms with Crippen LogP contribution in [-0.4, -0.2) is 23.7 Å². The number of hydrogen-bond donors (Lipinski definition) is 3. The van der Waals surface area contributed by atoms with Crippen molar-refractivity contribution in [1.82, 2.24) is 5.32 Å². The zero-order valence-electron chi connectivity index (χ0n) is 11.3. The van der Waals surface area contributed by atoms with Crippen LogP contribution in [0.5, 0.6) is 0 Å². The summed E-state index contributed by atoms with van der Waals surface area (Å²) in [5, 5.41) is 12.2. The van der Waals surface area contributed by atoms with Crippen LogP contribution in [0.2, 0.25) is 0 Å². The molecular weight excluding hydrogens is 247 g/mol. The molecule has 0 aliphatic heterocycles. The first-order valence-electron chi connectivity index (χ1n) is 6.38. The summed E-state index contributed by atoms with van der Waals surface area (Å²) in [5.41, 5.74) is 5.87. The maximum Gasteiger partial charge on any atom is 0.248 e. The molecule has 0 aliphatic carbocycles. The van der Waals surface area contributed by atoms with E-state index in [0.29, 0.717) is 30.0 Å². The zero-order valence-corrected chi connectivity index (χ0v) is 11.3. The second-order valence-corrected chi connectivity index (χ2v) is 4.91. The topological polar surface area (TPSA) is 75.3 Å². The molecule has 4 N–H and O–H groups in total. The Kier molecular flexibility index (Phi) is 5.92. The summed E-state index contributed by atoms with van der Waals surface area (Å²) in [6, 6.07) is 4.17. The van der Waals surface area contributed by atoms with Gasteiger partial charge in [0.25, 0.3) is 0 Å². The lowest BCUT2D eigenvalue weighted by Crippen LogP contribution is -2.34. The van der Waals surface area contributed by atoms with E-state index < -0.39 is 5.91 Å². The highest BCUT2D eigenvalue weighted by molar-refractivity contribution is 5.92. The lowest BCUT2D eigenvalue weighted by Gasteiger charge is -2.21. The smallest absolute Gasteiger partial charge is 0.248 e. The number of nitrogens with two attached hydrogens (primary N) is 1. The molecule has 0 heterocycles. The van der Waals surface area contributed by atoms with E-state index in [2.05, 4.69) is 5.32 Å². The molecule has 1 aromatic carbocycles. The average molecular weight is 268 g/mol. The third kappa shape index (κ3) is 4.61. The minimum absolute atomic E-state index is 0.0830. The molecule has 0 bridgehead atoms. The van der Waals surface area contributed by atoms with Gasteiger partial charge in [0.1, 0.15) is 5.82 Å². The molecule has 19 heavy (non-hydrogen) atoms. The summed E-state index contributed by atoms with van der Waals surface area (Å²) >= 11 is 0. The van der Waals surface area contributed by atoms with Gasteiger partial charge in [-0.15, -0.1) is 0 Å². The average Bonchev–Trinajstić information content (AvgIpc) is 2.35. The lowest BCUT2D eigenvalue weighted by molar-refractivity contribution is 0.1000. The Morgan fingerprint density at radius 1 is 1.47 bits per heavy atom. The van der Waals surface area contributed by atoms with Gasteiger partial charge in [0.05, 0.1) is 0 Å². The predicted octanol–water partition coefficient (Wildman–Crippen LogP) is 1.42. The van der Waals surface area contributed by atoms with Crippen LogP contribution in [0.3, 0.4) is 0 Å². The Morgan fingerprint density at radius 2 is 2.16 bits per heavy atom. The van der Waals surface area contributed by atoms with Crippen molar-refractivity contribution in [1.29, 1.82) is 0 Å². The highest BCUT2D eigenvalue weighted by Crippen LogP contribution is 2.12. The molecule has 0 aromatic heterocycles. The number of amides is 1. The van der Waals surface area contributed by atoms with Gasteiger partial charge in [-0.05, 0) is 30.5 Å². The lowest BCUT2D eigenvalue weighted by atomic mass is 10.0. The van der Waals surface area contributed by atoms with Crippen LogP contribution in [0.1, 0.15) is 36.2 Å². The van der Waals surface area contributed by atoms with Crippen molar-refractivity contribution >= 4 is 5.91 Å². The first kappa shape index (κ1) is 15.6. The fraction of sp³-hybridized carbons (Fsp3) is 0.500. The molecule has 4 nitrogen and oxygen atoms in total. The van der Waals surface area contributed by atoms with Crippen molar-refractivity contribution in [2.45, 2.75) is 32.9 Å². The maximum absolute atomic E-state index is 13.6. The quantitative estimate of drug-likeness (QED) is 0.700. The van der Waals surface area contributed by atoms with Crippen LogP contribution in [0, 0.1) is 11.7 Å². The largest absolute Gasteiger partial charge is 0.396 e. The number of hydrogen-bond acceptors (Lipinski definition) is 3. The van der Waals surface area contributed by atoms with E-state index in [1.165, 1.54) is 18.2 Å². The first-order chi connectivity index (χ1) is 8.95. The molecular formula is C14H21FN2O2. The summed E-state index contributed by atoms with van der Waals surface area (Å²) < 4.78 is 13.6. The van der Waals surface area contributed by atoms with E-state index in [1.54, 1.807) is 0 Å². The number of halogens is 1. The zero-order chi connectivity index (χ0) is 14.4. The molecule has 0 spiro atoms. The first-order valence-corrected chi connectivity index (χ1v) is 6.38. The van der Waals surface area contributed by atoms with Crippen molar-refractivity contribution < 1.29 is 14.3 Å². The van der Waals surface area contributed by atoms with Crippen LogP contribution in [0.15, 0.2) is 18.2 Å². The van der Waals surface area contributed by atoms with Gasteiger partial charge in [0.2, 0.25) is 5.91 Å². The summed E-state index contributed by atoms with van der Waals surface area (Å²) in [4.78, 5) is 11.1. The normalized spacial score (nSPS) is 12.7.